The van der Waals surface area contributed by atoms with Crippen LogP contribution in [0.15, 0.2) is 18.2 Å². The Bertz CT molecular complexity index is 505. The molecule has 110 valence electrons. The van der Waals surface area contributed by atoms with Gasteiger partial charge in [0.15, 0.2) is 0 Å². The van der Waals surface area contributed by atoms with Gasteiger partial charge in [0.2, 0.25) is 0 Å². The van der Waals surface area contributed by atoms with Crippen molar-refractivity contribution >= 4 is 29.3 Å². The maximum atomic E-state index is 12.0. The largest absolute Gasteiger partial charge is 0.469 e. The van der Waals surface area contributed by atoms with Gasteiger partial charge in [-0.3, -0.25) is 4.79 Å². The molecule has 0 spiro atoms. The number of carbonyl (C=O) groups excluding carboxylic acids is 2. The molecule has 0 radical (unpaired) electrons. The third kappa shape index (κ3) is 4.42. The maximum absolute atomic E-state index is 12.0. The quantitative estimate of drug-likeness (QED) is 0.870. The lowest BCUT2D eigenvalue weighted by atomic mass is 10.2. The highest BCUT2D eigenvalue weighted by Gasteiger charge is 2.18. The van der Waals surface area contributed by atoms with Gasteiger partial charge in [0.05, 0.1) is 13.0 Å². The van der Waals surface area contributed by atoms with Crippen LogP contribution in [0.4, 0.5) is 10.5 Å². The van der Waals surface area contributed by atoms with Crippen LogP contribution in [0.3, 0.4) is 0 Å². The zero-order chi connectivity index (χ0) is 15.3. The molecule has 0 bridgehead atoms. The summed E-state index contributed by atoms with van der Waals surface area (Å²) >= 11 is 6.00. The van der Waals surface area contributed by atoms with Gasteiger partial charge in [0.25, 0.3) is 0 Å². The number of halogens is 1. The Labute approximate surface area is 123 Å². The number of amides is 2. The molecule has 0 aromatic heterocycles. The molecule has 0 aliphatic rings. The summed E-state index contributed by atoms with van der Waals surface area (Å²) in [5.74, 6) is -0.722. The number of rotatable bonds is 4. The first-order valence-corrected chi connectivity index (χ1v) is 6.59. The fourth-order valence-corrected chi connectivity index (χ4v) is 1.84. The number of nitrogens with zero attached hydrogens (tertiary/aromatic N) is 1. The first kappa shape index (κ1) is 16.3. The van der Waals surface area contributed by atoms with Crippen molar-refractivity contribution in [2.24, 2.45) is 5.92 Å². The summed E-state index contributed by atoms with van der Waals surface area (Å²) < 4.78 is 4.63. The van der Waals surface area contributed by atoms with Gasteiger partial charge in [-0.25, -0.2) is 4.79 Å². The molecule has 5 nitrogen and oxygen atoms in total. The van der Waals surface area contributed by atoms with Gasteiger partial charge in [0, 0.05) is 24.3 Å². The van der Waals surface area contributed by atoms with Crippen LogP contribution in [0.5, 0.6) is 0 Å². The molecule has 1 aromatic rings. The number of benzene rings is 1. The first-order chi connectivity index (χ1) is 9.35. The number of hydrogen-bond donors (Lipinski definition) is 1. The highest BCUT2D eigenvalue weighted by molar-refractivity contribution is 6.31. The second-order valence-corrected chi connectivity index (χ2v) is 5.11. The van der Waals surface area contributed by atoms with Gasteiger partial charge in [-0.2, -0.15) is 0 Å². The molecular weight excluding hydrogens is 280 g/mol. The Morgan fingerprint density at radius 2 is 2.10 bits per heavy atom. The van der Waals surface area contributed by atoms with Crippen molar-refractivity contribution < 1.29 is 14.3 Å². The maximum Gasteiger partial charge on any atom is 0.321 e. The van der Waals surface area contributed by atoms with E-state index in [4.69, 9.17) is 11.6 Å². The van der Waals surface area contributed by atoms with E-state index in [1.54, 1.807) is 26.1 Å². The topological polar surface area (TPSA) is 58.6 Å². The van der Waals surface area contributed by atoms with Gasteiger partial charge >= 0.3 is 12.0 Å². The predicted octanol–water partition coefficient (Wildman–Crippen LogP) is 2.92. The third-order valence-electron chi connectivity index (χ3n) is 2.92. The van der Waals surface area contributed by atoms with E-state index in [0.29, 0.717) is 10.7 Å². The van der Waals surface area contributed by atoms with Crippen molar-refractivity contribution in [3.05, 3.63) is 28.8 Å². The van der Waals surface area contributed by atoms with E-state index in [-0.39, 0.29) is 24.5 Å². The van der Waals surface area contributed by atoms with Crippen molar-refractivity contribution in [2.75, 3.05) is 26.0 Å². The standard InChI is InChI=1S/C14H19ClN2O3/c1-9-5-6-11(7-12(9)15)16-14(19)17(3)8-10(2)13(18)20-4/h5-7,10H,8H2,1-4H3,(H,16,19). The molecule has 2 amide bonds. The molecule has 0 heterocycles. The van der Waals surface area contributed by atoms with E-state index >= 15 is 0 Å². The lowest BCUT2D eigenvalue weighted by Gasteiger charge is -2.21. The van der Waals surface area contributed by atoms with Crippen molar-refractivity contribution in [1.29, 1.82) is 0 Å². The van der Waals surface area contributed by atoms with E-state index in [0.717, 1.165) is 5.56 Å². The minimum Gasteiger partial charge on any atom is -0.469 e. The summed E-state index contributed by atoms with van der Waals surface area (Å²) in [6, 6.07) is 4.98. The normalized spacial score (nSPS) is 11.7. The van der Waals surface area contributed by atoms with Gasteiger partial charge < -0.3 is 15.0 Å². The second-order valence-electron chi connectivity index (χ2n) is 4.70. The number of nitrogens with one attached hydrogen (secondary N) is 1. The minimum absolute atomic E-state index is 0.276. The number of aryl methyl sites for hydroxylation is 1. The number of hydrogen-bond acceptors (Lipinski definition) is 3. The van der Waals surface area contributed by atoms with Crippen LogP contribution in [0.2, 0.25) is 5.02 Å². The third-order valence-corrected chi connectivity index (χ3v) is 3.33. The molecule has 6 heteroatoms. The predicted molar refractivity (Wildman–Crippen MR) is 79.0 cm³/mol. The highest BCUT2D eigenvalue weighted by atomic mass is 35.5. The number of anilines is 1. The van der Waals surface area contributed by atoms with Gasteiger partial charge in [-0.05, 0) is 24.6 Å². The highest BCUT2D eigenvalue weighted by Crippen LogP contribution is 2.20. The van der Waals surface area contributed by atoms with Crippen LogP contribution in [0.25, 0.3) is 0 Å². The summed E-state index contributed by atoms with van der Waals surface area (Å²) in [6.45, 7) is 3.87. The molecule has 1 atom stereocenters. The van der Waals surface area contributed by atoms with Crippen LogP contribution in [0, 0.1) is 12.8 Å². The monoisotopic (exact) mass is 298 g/mol. The van der Waals surface area contributed by atoms with E-state index in [1.807, 2.05) is 13.0 Å². The van der Waals surface area contributed by atoms with E-state index < -0.39 is 0 Å². The van der Waals surface area contributed by atoms with Crippen LogP contribution in [-0.4, -0.2) is 37.6 Å². The Hall–Kier alpha value is -1.75. The summed E-state index contributed by atoms with van der Waals surface area (Å²) in [6.07, 6.45) is 0. The summed E-state index contributed by atoms with van der Waals surface area (Å²) in [5.41, 5.74) is 1.56. The molecule has 1 unspecified atom stereocenters. The average Bonchev–Trinajstić information content (AvgIpc) is 2.41. The average molecular weight is 299 g/mol. The zero-order valence-electron chi connectivity index (χ0n) is 12.1. The Balaban J connectivity index is 2.61. The lowest BCUT2D eigenvalue weighted by molar-refractivity contribution is -0.145. The van der Waals surface area contributed by atoms with Gasteiger partial charge in [-0.1, -0.05) is 24.6 Å². The molecule has 0 saturated heterocycles. The molecule has 0 aliphatic carbocycles. The molecular formula is C14H19ClN2O3. The van der Waals surface area contributed by atoms with Crippen LogP contribution in [-0.2, 0) is 9.53 Å². The Kier molecular flexibility index (Phi) is 5.82. The van der Waals surface area contributed by atoms with Crippen molar-refractivity contribution in [2.45, 2.75) is 13.8 Å². The number of ether oxygens (including phenoxy) is 1. The molecule has 0 aliphatic heterocycles. The van der Waals surface area contributed by atoms with Crippen molar-refractivity contribution in [3.8, 4) is 0 Å². The molecule has 20 heavy (non-hydrogen) atoms. The zero-order valence-corrected chi connectivity index (χ0v) is 12.8. The van der Waals surface area contributed by atoms with Gasteiger partial charge in [-0.15, -0.1) is 0 Å². The SMILES string of the molecule is COC(=O)C(C)CN(C)C(=O)Nc1ccc(C)c(Cl)c1. The molecule has 0 fully saturated rings. The molecule has 0 saturated carbocycles. The number of esters is 1. The smallest absolute Gasteiger partial charge is 0.321 e. The summed E-state index contributed by atoms with van der Waals surface area (Å²) in [7, 11) is 2.94. The lowest BCUT2D eigenvalue weighted by Crippen LogP contribution is -2.37. The van der Waals surface area contributed by atoms with Crippen LogP contribution >= 0.6 is 11.6 Å². The fourth-order valence-electron chi connectivity index (χ4n) is 1.66. The number of urea groups is 1. The van der Waals surface area contributed by atoms with E-state index in [9.17, 15) is 9.59 Å². The molecule has 1 rings (SSSR count). The summed E-state index contributed by atoms with van der Waals surface area (Å²) in [5, 5.41) is 3.31. The fraction of sp³-hybridized carbons (Fsp3) is 0.429. The first-order valence-electron chi connectivity index (χ1n) is 6.21. The molecule has 1 N–H and O–H groups in total. The second kappa shape index (κ2) is 7.14. The molecule has 1 aromatic carbocycles. The van der Waals surface area contributed by atoms with E-state index in [2.05, 4.69) is 10.1 Å². The van der Waals surface area contributed by atoms with Crippen molar-refractivity contribution in [1.82, 2.24) is 4.90 Å². The number of carbonyl (C=O) groups is 2. The van der Waals surface area contributed by atoms with Crippen molar-refractivity contribution in [3.63, 3.8) is 0 Å². The number of methoxy groups -OCH3 is 1. The summed E-state index contributed by atoms with van der Waals surface area (Å²) in [4.78, 5) is 24.7. The van der Waals surface area contributed by atoms with Gasteiger partial charge in [0.1, 0.15) is 0 Å². The minimum atomic E-state index is -0.377. The van der Waals surface area contributed by atoms with E-state index in [1.165, 1.54) is 12.0 Å². The Morgan fingerprint density at radius 1 is 1.45 bits per heavy atom. The van der Waals surface area contributed by atoms with Crippen LogP contribution < -0.4 is 5.32 Å². The van der Waals surface area contributed by atoms with Crippen LogP contribution in [0.1, 0.15) is 12.5 Å². The Morgan fingerprint density at radius 3 is 2.65 bits per heavy atom.